The number of para-hydroxylation sites is 1. The van der Waals surface area contributed by atoms with Crippen molar-refractivity contribution in [2.45, 2.75) is 57.5 Å². The lowest BCUT2D eigenvalue weighted by atomic mass is 9.97. The Balaban J connectivity index is 1.76. The van der Waals surface area contributed by atoms with Crippen LogP contribution in [0.25, 0.3) is 10.9 Å². The first-order valence-corrected chi connectivity index (χ1v) is 11.5. The van der Waals surface area contributed by atoms with E-state index in [1.807, 2.05) is 42.6 Å². The molecule has 2 aromatic rings. The Morgan fingerprint density at radius 2 is 2.09 bits per heavy atom. The Labute approximate surface area is 193 Å². The van der Waals surface area contributed by atoms with Gasteiger partial charge in [0.15, 0.2) is 0 Å². The van der Waals surface area contributed by atoms with Crippen LogP contribution in [-0.4, -0.2) is 53.2 Å². The molecule has 0 aliphatic carbocycles. The zero-order valence-electron chi connectivity index (χ0n) is 19.0. The Morgan fingerprint density at radius 1 is 1.27 bits per heavy atom. The number of aromatic nitrogens is 1. The van der Waals surface area contributed by atoms with Crippen LogP contribution in [0.2, 0.25) is 0 Å². The average Bonchev–Trinajstić information content (AvgIpc) is 3.21. The number of nitrogens with one attached hydrogen (secondary N) is 3. The highest BCUT2D eigenvalue weighted by molar-refractivity contribution is 5.86. The minimum atomic E-state index is -0.561. The predicted molar refractivity (Wildman–Crippen MR) is 125 cm³/mol. The number of cyclic esters (lactones) is 1. The van der Waals surface area contributed by atoms with Gasteiger partial charge < -0.3 is 25.5 Å². The van der Waals surface area contributed by atoms with Gasteiger partial charge >= 0.3 is 5.97 Å². The minimum Gasteiger partial charge on any atom is -0.463 e. The Bertz CT molecular complexity index is 983. The van der Waals surface area contributed by atoms with Gasteiger partial charge in [-0.1, -0.05) is 30.4 Å². The maximum atomic E-state index is 13.2. The van der Waals surface area contributed by atoms with Crippen LogP contribution in [0.3, 0.4) is 0 Å². The fourth-order valence-corrected chi connectivity index (χ4v) is 3.93. The number of esters is 1. The van der Waals surface area contributed by atoms with Gasteiger partial charge in [-0.05, 0) is 44.2 Å². The molecule has 33 heavy (non-hydrogen) atoms. The third-order valence-electron chi connectivity index (χ3n) is 5.76. The van der Waals surface area contributed by atoms with Crippen molar-refractivity contribution in [1.82, 2.24) is 15.6 Å². The van der Waals surface area contributed by atoms with Gasteiger partial charge in [-0.3, -0.25) is 14.4 Å². The van der Waals surface area contributed by atoms with Crippen LogP contribution in [-0.2, 0) is 25.5 Å². The number of carbonyl (C=O) groups is 3. The Morgan fingerprint density at radius 3 is 2.91 bits per heavy atom. The first kappa shape index (κ1) is 24.5. The number of hydrogen-bond acceptors (Lipinski definition) is 5. The molecule has 2 heterocycles. The van der Waals surface area contributed by atoms with Crippen LogP contribution in [0.1, 0.15) is 44.6 Å². The van der Waals surface area contributed by atoms with E-state index in [0.29, 0.717) is 32.1 Å². The highest BCUT2D eigenvalue weighted by Gasteiger charge is 2.25. The van der Waals surface area contributed by atoms with Gasteiger partial charge in [-0.2, -0.15) is 0 Å². The summed E-state index contributed by atoms with van der Waals surface area (Å²) in [7, 11) is 0. The van der Waals surface area contributed by atoms with Gasteiger partial charge in [-0.25, -0.2) is 0 Å². The standard InChI is InChI=1S/C25H33N3O5/c1-17(15-29)27-23(30)13-18-8-4-2-3-5-11-24(31)33-16-20(28-25(18)32)12-19-14-26-22-10-7-6-9-21(19)22/h2,4,6-7,9-10,14,17-18,20,26,29H,3,5,8,11-13,15-16H2,1H3,(H,27,30)(H,28,32)/t17-,18-,20+/m1/s1. The number of ether oxygens (including phenoxy) is 1. The molecule has 0 radical (unpaired) electrons. The molecule has 0 unspecified atom stereocenters. The summed E-state index contributed by atoms with van der Waals surface area (Å²) in [6.45, 7) is 1.60. The van der Waals surface area contributed by atoms with E-state index in [4.69, 9.17) is 4.74 Å². The summed E-state index contributed by atoms with van der Waals surface area (Å²) < 4.78 is 5.47. The summed E-state index contributed by atoms with van der Waals surface area (Å²) in [6, 6.07) is 7.10. The number of allylic oxidation sites excluding steroid dienone is 2. The fourth-order valence-electron chi connectivity index (χ4n) is 3.93. The molecule has 8 heteroatoms. The molecule has 0 fully saturated rings. The number of rotatable bonds is 6. The van der Waals surface area contributed by atoms with Crippen molar-refractivity contribution in [3.63, 3.8) is 0 Å². The van der Waals surface area contributed by atoms with E-state index in [1.54, 1.807) is 6.92 Å². The predicted octanol–water partition coefficient (Wildman–Crippen LogP) is 2.37. The summed E-state index contributed by atoms with van der Waals surface area (Å²) in [5.74, 6) is -1.38. The first-order chi connectivity index (χ1) is 16.0. The van der Waals surface area contributed by atoms with Gasteiger partial charge in [0.2, 0.25) is 11.8 Å². The number of H-pyrrole nitrogens is 1. The number of benzene rings is 1. The van der Waals surface area contributed by atoms with Crippen molar-refractivity contribution >= 4 is 28.7 Å². The quantitative estimate of drug-likeness (QED) is 0.394. The lowest BCUT2D eigenvalue weighted by Gasteiger charge is -2.22. The summed E-state index contributed by atoms with van der Waals surface area (Å²) in [6.07, 6.45) is 8.35. The molecule has 8 nitrogen and oxygen atoms in total. The molecule has 0 saturated heterocycles. The summed E-state index contributed by atoms with van der Waals surface area (Å²) in [4.78, 5) is 40.9. The van der Waals surface area contributed by atoms with Crippen LogP contribution in [0, 0.1) is 5.92 Å². The van der Waals surface area contributed by atoms with Crippen LogP contribution < -0.4 is 10.6 Å². The van der Waals surface area contributed by atoms with Gasteiger partial charge in [0.05, 0.1) is 18.6 Å². The largest absolute Gasteiger partial charge is 0.463 e. The van der Waals surface area contributed by atoms with Crippen molar-refractivity contribution < 1.29 is 24.2 Å². The van der Waals surface area contributed by atoms with E-state index in [1.165, 1.54) is 0 Å². The lowest BCUT2D eigenvalue weighted by Crippen LogP contribution is -2.45. The Kier molecular flexibility index (Phi) is 9.06. The summed E-state index contributed by atoms with van der Waals surface area (Å²) in [5.41, 5.74) is 2.01. The maximum absolute atomic E-state index is 13.2. The average molecular weight is 456 g/mol. The third-order valence-corrected chi connectivity index (χ3v) is 5.76. The number of hydrogen-bond donors (Lipinski definition) is 4. The molecular weight excluding hydrogens is 422 g/mol. The summed E-state index contributed by atoms with van der Waals surface area (Å²) >= 11 is 0. The van der Waals surface area contributed by atoms with E-state index in [0.717, 1.165) is 16.5 Å². The molecule has 2 amide bonds. The number of amides is 2. The monoisotopic (exact) mass is 455 g/mol. The zero-order valence-corrected chi connectivity index (χ0v) is 19.0. The van der Waals surface area contributed by atoms with E-state index < -0.39 is 12.0 Å². The maximum Gasteiger partial charge on any atom is 0.305 e. The molecule has 1 aromatic carbocycles. The van der Waals surface area contributed by atoms with Gasteiger partial charge in [0.25, 0.3) is 0 Å². The topological polar surface area (TPSA) is 121 Å². The van der Waals surface area contributed by atoms with Crippen LogP contribution in [0.5, 0.6) is 0 Å². The second-order valence-electron chi connectivity index (χ2n) is 8.60. The number of fused-ring (bicyclic) bond motifs is 1. The normalized spacial score (nSPS) is 21.3. The molecular formula is C25H33N3O5. The van der Waals surface area contributed by atoms with Crippen molar-refractivity contribution in [2.24, 2.45) is 5.92 Å². The van der Waals surface area contributed by atoms with Crippen molar-refractivity contribution in [2.75, 3.05) is 13.2 Å². The van der Waals surface area contributed by atoms with E-state index >= 15 is 0 Å². The molecule has 0 bridgehead atoms. The van der Waals surface area contributed by atoms with Gasteiger partial charge in [-0.15, -0.1) is 0 Å². The smallest absolute Gasteiger partial charge is 0.305 e. The SMILES string of the molecule is C[C@H](CO)NC(=O)C[C@H]1CC=CCCCC(=O)OC[C@H](Cc2c[nH]c3ccccc23)NC1=O. The van der Waals surface area contributed by atoms with Crippen LogP contribution in [0.15, 0.2) is 42.6 Å². The second-order valence-corrected chi connectivity index (χ2v) is 8.60. The molecule has 1 aromatic heterocycles. The second kappa shape index (κ2) is 12.2. The van der Waals surface area contributed by atoms with Crippen molar-refractivity contribution in [3.05, 3.63) is 48.2 Å². The molecule has 1 aliphatic rings. The Hall–Kier alpha value is -3.13. The molecule has 3 atom stereocenters. The van der Waals surface area contributed by atoms with Crippen LogP contribution in [0.4, 0.5) is 0 Å². The molecule has 3 rings (SSSR count). The zero-order chi connectivity index (χ0) is 23.6. The van der Waals surface area contributed by atoms with E-state index in [2.05, 4.69) is 15.6 Å². The van der Waals surface area contributed by atoms with Gasteiger partial charge in [0, 0.05) is 36.0 Å². The summed E-state index contributed by atoms with van der Waals surface area (Å²) in [5, 5.41) is 15.9. The number of carbonyl (C=O) groups excluding carboxylic acids is 3. The lowest BCUT2D eigenvalue weighted by molar-refractivity contribution is -0.145. The molecule has 4 N–H and O–H groups in total. The van der Waals surface area contributed by atoms with Crippen LogP contribution >= 0.6 is 0 Å². The number of aliphatic hydroxyl groups excluding tert-OH is 1. The fraction of sp³-hybridized carbons (Fsp3) is 0.480. The van der Waals surface area contributed by atoms with E-state index in [-0.39, 0.29) is 43.5 Å². The molecule has 1 aliphatic heterocycles. The molecule has 0 spiro atoms. The molecule has 0 saturated carbocycles. The van der Waals surface area contributed by atoms with Crippen molar-refractivity contribution in [1.29, 1.82) is 0 Å². The molecule has 178 valence electrons. The third kappa shape index (κ3) is 7.46. The van der Waals surface area contributed by atoms with E-state index in [9.17, 15) is 19.5 Å². The first-order valence-electron chi connectivity index (χ1n) is 11.5. The number of aromatic amines is 1. The van der Waals surface area contributed by atoms with Crippen molar-refractivity contribution in [3.8, 4) is 0 Å². The highest BCUT2D eigenvalue weighted by Crippen LogP contribution is 2.20. The highest BCUT2D eigenvalue weighted by atomic mass is 16.5. The minimum absolute atomic E-state index is 0.0140. The van der Waals surface area contributed by atoms with Gasteiger partial charge in [0.1, 0.15) is 6.61 Å². The number of aliphatic hydroxyl groups is 1.